The molecule has 0 aliphatic heterocycles. The Balaban J connectivity index is 1.71. The van der Waals surface area contributed by atoms with Gasteiger partial charge in [0.1, 0.15) is 5.78 Å². The molecule has 24 heavy (non-hydrogen) atoms. The number of carbonyl (C=O) groups is 1. The molecule has 1 aromatic carbocycles. The zero-order valence-electron chi connectivity index (χ0n) is 14.1. The summed E-state index contributed by atoms with van der Waals surface area (Å²) in [6.45, 7) is 2.05. The van der Waals surface area contributed by atoms with Gasteiger partial charge in [0.05, 0.1) is 6.61 Å². The molecule has 1 atom stereocenters. The van der Waals surface area contributed by atoms with E-state index in [4.69, 9.17) is 4.74 Å². The molecule has 0 N–H and O–H groups in total. The van der Waals surface area contributed by atoms with Crippen molar-refractivity contribution in [1.29, 1.82) is 0 Å². The number of halogens is 2. The van der Waals surface area contributed by atoms with Gasteiger partial charge in [0.15, 0.2) is 11.6 Å². The molecule has 0 heterocycles. The van der Waals surface area contributed by atoms with Crippen LogP contribution in [0.3, 0.4) is 0 Å². The third kappa shape index (κ3) is 3.52. The lowest BCUT2D eigenvalue weighted by atomic mass is 9.73. The second-order valence-corrected chi connectivity index (χ2v) is 6.81. The Labute approximate surface area is 141 Å². The van der Waals surface area contributed by atoms with Gasteiger partial charge in [-0.3, -0.25) is 4.79 Å². The summed E-state index contributed by atoms with van der Waals surface area (Å²) in [5.74, 6) is -0.193. The van der Waals surface area contributed by atoms with E-state index in [0.717, 1.165) is 37.7 Å². The van der Waals surface area contributed by atoms with Crippen LogP contribution in [0.1, 0.15) is 57.4 Å². The number of carbonyl (C=O) groups excluding carboxylic acids is 1. The Hall–Kier alpha value is -1.71. The Bertz CT molecular complexity index is 641. The van der Waals surface area contributed by atoms with Gasteiger partial charge in [0.2, 0.25) is 5.82 Å². The van der Waals surface area contributed by atoms with Gasteiger partial charge in [0.25, 0.3) is 0 Å². The number of rotatable bonds is 4. The molecular formula is C20H24F2O2. The van der Waals surface area contributed by atoms with E-state index >= 15 is 0 Å². The van der Waals surface area contributed by atoms with E-state index in [-0.39, 0.29) is 5.75 Å². The minimum absolute atomic E-state index is 0.0279. The van der Waals surface area contributed by atoms with Crippen molar-refractivity contribution in [2.45, 2.75) is 51.9 Å². The molecule has 2 aliphatic rings. The van der Waals surface area contributed by atoms with Gasteiger partial charge in [-0.2, -0.15) is 4.39 Å². The largest absolute Gasteiger partial charge is 0.491 e. The minimum atomic E-state index is -0.900. The summed E-state index contributed by atoms with van der Waals surface area (Å²) < 4.78 is 33.5. The fraction of sp³-hybridized carbons (Fsp3) is 0.550. The maximum Gasteiger partial charge on any atom is 0.201 e. The zero-order valence-corrected chi connectivity index (χ0v) is 14.1. The third-order valence-corrected chi connectivity index (χ3v) is 5.40. The van der Waals surface area contributed by atoms with Gasteiger partial charge in [-0.15, -0.1) is 0 Å². The van der Waals surface area contributed by atoms with Crippen LogP contribution in [0, 0.1) is 23.5 Å². The Morgan fingerprint density at radius 3 is 2.38 bits per heavy atom. The lowest BCUT2D eigenvalue weighted by Gasteiger charge is -2.32. The summed E-state index contributed by atoms with van der Waals surface area (Å²) >= 11 is 0. The van der Waals surface area contributed by atoms with Gasteiger partial charge in [-0.1, -0.05) is 6.08 Å². The van der Waals surface area contributed by atoms with Crippen LogP contribution < -0.4 is 4.74 Å². The van der Waals surface area contributed by atoms with E-state index in [1.807, 2.05) is 0 Å². The number of ketones is 1. The van der Waals surface area contributed by atoms with Crippen molar-refractivity contribution >= 4 is 11.4 Å². The van der Waals surface area contributed by atoms with Gasteiger partial charge in [0, 0.05) is 18.4 Å². The lowest BCUT2D eigenvalue weighted by Crippen LogP contribution is -2.23. The second-order valence-electron chi connectivity index (χ2n) is 6.81. The third-order valence-electron chi connectivity index (χ3n) is 5.40. The molecule has 0 spiro atoms. The van der Waals surface area contributed by atoms with Crippen molar-refractivity contribution in [3.05, 3.63) is 35.4 Å². The zero-order chi connectivity index (χ0) is 17.1. The van der Waals surface area contributed by atoms with Crippen LogP contribution in [0.2, 0.25) is 0 Å². The van der Waals surface area contributed by atoms with Crippen LogP contribution in [0.5, 0.6) is 5.75 Å². The van der Waals surface area contributed by atoms with Gasteiger partial charge < -0.3 is 4.74 Å². The average molecular weight is 334 g/mol. The number of ether oxygens (including phenoxy) is 1. The van der Waals surface area contributed by atoms with E-state index in [0.29, 0.717) is 42.6 Å². The van der Waals surface area contributed by atoms with Crippen LogP contribution in [0.15, 0.2) is 18.2 Å². The van der Waals surface area contributed by atoms with Crippen molar-refractivity contribution in [1.82, 2.24) is 0 Å². The van der Waals surface area contributed by atoms with Crippen LogP contribution in [0.4, 0.5) is 8.78 Å². The first kappa shape index (κ1) is 17.1. The van der Waals surface area contributed by atoms with E-state index in [1.54, 1.807) is 13.0 Å². The summed E-state index contributed by atoms with van der Waals surface area (Å²) in [4.78, 5) is 11.4. The molecule has 3 rings (SSSR count). The maximum absolute atomic E-state index is 14.3. The average Bonchev–Trinajstić information content (AvgIpc) is 2.60. The molecule has 1 saturated carbocycles. The Morgan fingerprint density at radius 1 is 1.04 bits per heavy atom. The summed E-state index contributed by atoms with van der Waals surface area (Å²) in [6.07, 6.45) is 8.08. The number of Topliss-reactive ketones (excluding diaryl/α,β-unsaturated/α-hetero) is 1. The SMILES string of the molecule is CCOc1ccc(C2=CCC(C3CCC(=O)CC3)CC2)c(F)c1F. The van der Waals surface area contributed by atoms with Crippen molar-refractivity contribution in [2.75, 3.05) is 6.61 Å². The Kier molecular flexibility index (Phi) is 5.32. The number of hydrogen-bond donors (Lipinski definition) is 0. The highest BCUT2D eigenvalue weighted by atomic mass is 19.2. The van der Waals surface area contributed by atoms with Gasteiger partial charge in [-0.05, 0) is 68.6 Å². The van der Waals surface area contributed by atoms with E-state index in [1.165, 1.54) is 6.07 Å². The molecule has 0 aromatic heterocycles. The lowest BCUT2D eigenvalue weighted by molar-refractivity contribution is -0.121. The first-order chi connectivity index (χ1) is 11.6. The molecule has 0 saturated heterocycles. The van der Waals surface area contributed by atoms with Crippen molar-refractivity contribution in [3.8, 4) is 5.75 Å². The van der Waals surface area contributed by atoms with E-state index in [2.05, 4.69) is 6.08 Å². The molecule has 130 valence electrons. The normalized spacial score (nSPS) is 22.4. The topological polar surface area (TPSA) is 26.3 Å². The molecule has 2 nitrogen and oxygen atoms in total. The summed E-state index contributed by atoms with van der Waals surface area (Å²) in [5, 5.41) is 0. The predicted octanol–water partition coefficient (Wildman–Crippen LogP) is 5.31. The number of benzene rings is 1. The molecule has 1 fully saturated rings. The smallest absolute Gasteiger partial charge is 0.201 e. The standard InChI is InChI=1S/C20H24F2O2/c1-2-24-18-12-11-17(19(21)20(18)22)15-5-3-13(4-6-15)14-7-9-16(23)10-8-14/h5,11-14H,2-4,6-10H2,1H3. The molecule has 1 aromatic rings. The van der Waals surface area contributed by atoms with Crippen molar-refractivity contribution < 1.29 is 18.3 Å². The van der Waals surface area contributed by atoms with Gasteiger partial charge in [-0.25, -0.2) is 4.39 Å². The van der Waals surface area contributed by atoms with E-state index < -0.39 is 11.6 Å². The highest BCUT2D eigenvalue weighted by molar-refractivity contribution is 5.79. The molecule has 0 radical (unpaired) electrons. The van der Waals surface area contributed by atoms with Crippen LogP contribution in [0.25, 0.3) is 5.57 Å². The maximum atomic E-state index is 14.3. The fourth-order valence-electron chi connectivity index (χ4n) is 4.01. The van der Waals surface area contributed by atoms with Crippen molar-refractivity contribution in [2.24, 2.45) is 11.8 Å². The molecule has 4 heteroatoms. The van der Waals surface area contributed by atoms with Crippen LogP contribution >= 0.6 is 0 Å². The first-order valence-electron chi connectivity index (χ1n) is 8.92. The van der Waals surface area contributed by atoms with Crippen molar-refractivity contribution in [3.63, 3.8) is 0 Å². The Morgan fingerprint density at radius 2 is 1.75 bits per heavy atom. The summed E-state index contributed by atoms with van der Waals surface area (Å²) in [6, 6.07) is 3.13. The molecule has 2 aliphatic carbocycles. The van der Waals surface area contributed by atoms with Crippen LogP contribution in [-0.2, 0) is 4.79 Å². The molecule has 1 unspecified atom stereocenters. The highest BCUT2D eigenvalue weighted by Gasteiger charge is 2.28. The monoisotopic (exact) mass is 334 g/mol. The van der Waals surface area contributed by atoms with Crippen LogP contribution in [-0.4, -0.2) is 12.4 Å². The summed E-state index contributed by atoms with van der Waals surface area (Å²) in [7, 11) is 0. The first-order valence-corrected chi connectivity index (χ1v) is 8.92. The number of allylic oxidation sites excluding steroid dienone is 2. The van der Waals surface area contributed by atoms with E-state index in [9.17, 15) is 13.6 Å². The number of hydrogen-bond acceptors (Lipinski definition) is 2. The minimum Gasteiger partial charge on any atom is -0.491 e. The fourth-order valence-corrected chi connectivity index (χ4v) is 4.01. The quantitative estimate of drug-likeness (QED) is 0.746. The predicted molar refractivity (Wildman–Crippen MR) is 89.8 cm³/mol. The second kappa shape index (κ2) is 7.45. The van der Waals surface area contributed by atoms with Gasteiger partial charge >= 0.3 is 0 Å². The molecule has 0 amide bonds. The molecule has 0 bridgehead atoms. The summed E-state index contributed by atoms with van der Waals surface area (Å²) in [5.41, 5.74) is 1.24. The highest BCUT2D eigenvalue weighted by Crippen LogP contribution is 2.40. The molecular weight excluding hydrogens is 310 g/mol.